The van der Waals surface area contributed by atoms with Gasteiger partial charge in [-0.15, -0.1) is 6.58 Å². The zero-order valence-electron chi connectivity index (χ0n) is 11.3. The van der Waals surface area contributed by atoms with Gasteiger partial charge in [-0.1, -0.05) is 77.2 Å². The van der Waals surface area contributed by atoms with Gasteiger partial charge in [-0.25, -0.2) is 0 Å². The molecule has 98 valence electrons. The molecule has 0 aromatic rings. The van der Waals surface area contributed by atoms with Crippen molar-refractivity contribution in [1.29, 1.82) is 0 Å². The van der Waals surface area contributed by atoms with E-state index in [-0.39, 0.29) is 13.5 Å². The number of unbranched alkanes of at least 4 members (excludes halogenated alkanes) is 11. The highest BCUT2D eigenvalue weighted by Crippen LogP contribution is 2.11. The zero-order chi connectivity index (χ0) is 11.2. The highest BCUT2D eigenvalue weighted by molar-refractivity contribution is 7.59. The Kier molecular flexibility index (Phi) is 20.2. The van der Waals surface area contributed by atoms with E-state index in [0.29, 0.717) is 0 Å². The van der Waals surface area contributed by atoms with Gasteiger partial charge in [-0.05, 0) is 12.8 Å². The van der Waals surface area contributed by atoms with Crippen molar-refractivity contribution < 1.29 is 0 Å². The molecule has 0 radical (unpaired) electrons. The summed E-state index contributed by atoms with van der Waals surface area (Å²) in [7, 11) is 0. The summed E-state index contributed by atoms with van der Waals surface area (Å²) in [5.41, 5.74) is 0. The molecular weight excluding hydrogens is 212 g/mol. The van der Waals surface area contributed by atoms with Crippen LogP contribution >= 0.6 is 13.5 Å². The maximum absolute atomic E-state index is 3.74. The molecule has 0 nitrogen and oxygen atoms in total. The van der Waals surface area contributed by atoms with Crippen LogP contribution in [0.2, 0.25) is 0 Å². The second-order valence-electron chi connectivity index (χ2n) is 4.61. The third-order valence-electron chi connectivity index (χ3n) is 3.01. The average molecular weight is 244 g/mol. The second-order valence-corrected chi connectivity index (χ2v) is 4.61. The minimum Gasteiger partial charge on any atom is -0.197 e. The first-order valence-corrected chi connectivity index (χ1v) is 7.02. The quantitative estimate of drug-likeness (QED) is 0.292. The number of hydrogen-bond acceptors (Lipinski definition) is 0. The lowest BCUT2D eigenvalue weighted by Gasteiger charge is -2.01. The molecule has 0 fully saturated rings. The van der Waals surface area contributed by atoms with Crippen LogP contribution in [0.5, 0.6) is 0 Å². The summed E-state index contributed by atoms with van der Waals surface area (Å²) in [4.78, 5) is 0. The van der Waals surface area contributed by atoms with E-state index in [9.17, 15) is 0 Å². The number of allylic oxidation sites excluding steroid dienone is 1. The molecule has 0 atom stereocenters. The molecule has 0 aromatic carbocycles. The van der Waals surface area contributed by atoms with Crippen molar-refractivity contribution >= 4 is 13.5 Å². The van der Waals surface area contributed by atoms with Crippen molar-refractivity contribution in [2.75, 3.05) is 0 Å². The zero-order valence-corrected chi connectivity index (χ0v) is 12.3. The Labute approximate surface area is 110 Å². The maximum Gasteiger partial charge on any atom is -0.0353 e. The van der Waals surface area contributed by atoms with Crippen LogP contribution in [-0.4, -0.2) is 0 Å². The van der Waals surface area contributed by atoms with E-state index < -0.39 is 0 Å². The van der Waals surface area contributed by atoms with E-state index in [2.05, 4.69) is 13.5 Å². The van der Waals surface area contributed by atoms with Gasteiger partial charge < -0.3 is 0 Å². The Hall–Kier alpha value is 0.0900. The van der Waals surface area contributed by atoms with Crippen LogP contribution in [0.4, 0.5) is 0 Å². The summed E-state index contributed by atoms with van der Waals surface area (Å²) in [6.45, 7) is 6.02. The first-order chi connectivity index (χ1) is 7.41. The van der Waals surface area contributed by atoms with E-state index in [4.69, 9.17) is 0 Å². The molecule has 0 spiro atoms. The van der Waals surface area contributed by atoms with Gasteiger partial charge in [0.15, 0.2) is 0 Å². The van der Waals surface area contributed by atoms with Crippen LogP contribution in [0, 0.1) is 0 Å². The first-order valence-electron chi connectivity index (χ1n) is 7.02. The molecule has 0 heterocycles. The van der Waals surface area contributed by atoms with Crippen LogP contribution in [0.1, 0.15) is 84.0 Å². The van der Waals surface area contributed by atoms with Crippen molar-refractivity contribution in [2.45, 2.75) is 84.0 Å². The summed E-state index contributed by atoms with van der Waals surface area (Å²) in [5, 5.41) is 0. The van der Waals surface area contributed by atoms with Crippen LogP contribution in [0.3, 0.4) is 0 Å². The van der Waals surface area contributed by atoms with Gasteiger partial charge in [0, 0.05) is 0 Å². The standard InChI is InChI=1S/C15H30.H2S/c1-3-5-7-9-11-13-15-14-12-10-8-6-4-2;/h3H,1,4-15H2,2H3;1H2. The number of rotatable bonds is 12. The maximum atomic E-state index is 3.74. The van der Waals surface area contributed by atoms with E-state index in [0.717, 1.165) is 0 Å². The fourth-order valence-corrected chi connectivity index (χ4v) is 1.95. The topological polar surface area (TPSA) is 0 Å². The fourth-order valence-electron chi connectivity index (χ4n) is 1.95. The molecule has 0 bridgehead atoms. The van der Waals surface area contributed by atoms with Gasteiger partial charge in [0.1, 0.15) is 0 Å². The lowest BCUT2D eigenvalue weighted by Crippen LogP contribution is -1.81. The van der Waals surface area contributed by atoms with Gasteiger partial charge in [0.2, 0.25) is 0 Å². The Morgan fingerprint density at radius 1 is 0.688 bits per heavy atom. The van der Waals surface area contributed by atoms with Gasteiger partial charge in [-0.2, -0.15) is 13.5 Å². The molecule has 0 rings (SSSR count). The smallest absolute Gasteiger partial charge is 0.0353 e. The van der Waals surface area contributed by atoms with Crippen molar-refractivity contribution in [3.05, 3.63) is 12.7 Å². The molecule has 0 unspecified atom stereocenters. The van der Waals surface area contributed by atoms with E-state index in [1.54, 1.807) is 0 Å². The average Bonchev–Trinajstić information content (AvgIpc) is 2.26. The Morgan fingerprint density at radius 2 is 1.06 bits per heavy atom. The van der Waals surface area contributed by atoms with E-state index in [1.807, 2.05) is 6.08 Å². The van der Waals surface area contributed by atoms with Crippen LogP contribution in [-0.2, 0) is 0 Å². The summed E-state index contributed by atoms with van der Waals surface area (Å²) in [5.74, 6) is 0. The normalized spacial score (nSPS) is 9.81. The molecular formula is C15H32S. The van der Waals surface area contributed by atoms with Gasteiger partial charge in [-0.3, -0.25) is 0 Å². The Balaban J connectivity index is 0. The third-order valence-corrected chi connectivity index (χ3v) is 3.01. The first kappa shape index (κ1) is 18.5. The summed E-state index contributed by atoms with van der Waals surface area (Å²) in [6.07, 6.45) is 19.0. The van der Waals surface area contributed by atoms with Crippen molar-refractivity contribution in [3.8, 4) is 0 Å². The molecule has 1 heteroatoms. The summed E-state index contributed by atoms with van der Waals surface area (Å²) in [6, 6.07) is 0. The minimum absolute atomic E-state index is 0. The van der Waals surface area contributed by atoms with Crippen LogP contribution < -0.4 is 0 Å². The van der Waals surface area contributed by atoms with Crippen LogP contribution in [0.15, 0.2) is 12.7 Å². The minimum atomic E-state index is 0. The van der Waals surface area contributed by atoms with Gasteiger partial charge in [0.05, 0.1) is 0 Å². The Morgan fingerprint density at radius 3 is 1.44 bits per heavy atom. The molecule has 0 saturated heterocycles. The van der Waals surface area contributed by atoms with E-state index in [1.165, 1.54) is 77.0 Å². The summed E-state index contributed by atoms with van der Waals surface area (Å²) >= 11 is 0. The molecule has 0 aliphatic heterocycles. The van der Waals surface area contributed by atoms with Gasteiger partial charge >= 0.3 is 0 Å². The van der Waals surface area contributed by atoms with Crippen LogP contribution in [0.25, 0.3) is 0 Å². The SMILES string of the molecule is C=CCCCCCCCCCCCCC.S. The number of hydrogen-bond donors (Lipinski definition) is 0. The lowest BCUT2D eigenvalue weighted by atomic mass is 10.1. The highest BCUT2D eigenvalue weighted by Gasteiger charge is 1.91. The molecule has 0 amide bonds. The van der Waals surface area contributed by atoms with Crippen molar-refractivity contribution in [1.82, 2.24) is 0 Å². The molecule has 0 aliphatic carbocycles. The second kappa shape index (κ2) is 17.5. The largest absolute Gasteiger partial charge is 0.197 e. The molecule has 0 N–H and O–H groups in total. The lowest BCUT2D eigenvalue weighted by molar-refractivity contribution is 0.550. The molecule has 0 aromatic heterocycles. The molecule has 0 aliphatic rings. The highest BCUT2D eigenvalue weighted by atomic mass is 32.1. The molecule has 16 heavy (non-hydrogen) atoms. The van der Waals surface area contributed by atoms with Crippen molar-refractivity contribution in [3.63, 3.8) is 0 Å². The summed E-state index contributed by atoms with van der Waals surface area (Å²) < 4.78 is 0. The fraction of sp³-hybridized carbons (Fsp3) is 0.867. The predicted molar refractivity (Wildman–Crippen MR) is 81.7 cm³/mol. The van der Waals surface area contributed by atoms with Crippen molar-refractivity contribution in [2.24, 2.45) is 0 Å². The Bertz CT molecular complexity index is 121. The van der Waals surface area contributed by atoms with Gasteiger partial charge in [0.25, 0.3) is 0 Å². The predicted octanol–water partition coefficient (Wildman–Crippen LogP) is 5.99. The monoisotopic (exact) mass is 244 g/mol. The third kappa shape index (κ3) is 16.5. The molecule has 0 saturated carbocycles. The van der Waals surface area contributed by atoms with E-state index >= 15 is 0 Å².